The Balaban J connectivity index is 2.66. The first-order valence-corrected chi connectivity index (χ1v) is 6.52. The lowest BCUT2D eigenvalue weighted by Crippen LogP contribution is -2.42. The highest BCUT2D eigenvalue weighted by atomic mass is 19.1. The SMILES string of the molecule is CCN(CCOC)C(=O)N[C@H](C)c1ccc(O)c(F)c1. The first-order valence-electron chi connectivity index (χ1n) is 6.52. The average molecular weight is 284 g/mol. The lowest BCUT2D eigenvalue weighted by atomic mass is 10.1. The Morgan fingerprint density at radius 1 is 1.55 bits per heavy atom. The van der Waals surface area contributed by atoms with Gasteiger partial charge >= 0.3 is 6.03 Å². The zero-order chi connectivity index (χ0) is 15.1. The number of methoxy groups -OCH3 is 1. The minimum absolute atomic E-state index is 0.231. The summed E-state index contributed by atoms with van der Waals surface area (Å²) >= 11 is 0. The molecule has 20 heavy (non-hydrogen) atoms. The second kappa shape index (κ2) is 7.69. The van der Waals surface area contributed by atoms with Crippen LogP contribution in [-0.2, 0) is 4.74 Å². The number of carbonyl (C=O) groups is 1. The van der Waals surface area contributed by atoms with Crippen LogP contribution in [0.4, 0.5) is 9.18 Å². The van der Waals surface area contributed by atoms with E-state index in [2.05, 4.69) is 5.32 Å². The van der Waals surface area contributed by atoms with Gasteiger partial charge in [-0.3, -0.25) is 0 Å². The monoisotopic (exact) mass is 284 g/mol. The van der Waals surface area contributed by atoms with E-state index >= 15 is 0 Å². The summed E-state index contributed by atoms with van der Waals surface area (Å²) in [7, 11) is 1.58. The maximum Gasteiger partial charge on any atom is 0.317 e. The maximum atomic E-state index is 13.3. The molecule has 0 radical (unpaired) electrons. The van der Waals surface area contributed by atoms with Crippen molar-refractivity contribution in [2.45, 2.75) is 19.9 Å². The van der Waals surface area contributed by atoms with E-state index in [1.165, 1.54) is 12.1 Å². The van der Waals surface area contributed by atoms with E-state index in [0.717, 1.165) is 0 Å². The zero-order valence-electron chi connectivity index (χ0n) is 12.0. The Labute approximate surface area is 118 Å². The molecule has 112 valence electrons. The number of amides is 2. The number of aromatic hydroxyl groups is 1. The Bertz CT molecular complexity index is 454. The highest BCUT2D eigenvalue weighted by molar-refractivity contribution is 5.74. The second-order valence-corrected chi connectivity index (χ2v) is 4.45. The van der Waals surface area contributed by atoms with Gasteiger partial charge in [0.2, 0.25) is 0 Å². The van der Waals surface area contributed by atoms with Crippen molar-refractivity contribution < 1.29 is 19.0 Å². The number of halogens is 1. The van der Waals surface area contributed by atoms with Gasteiger partial charge in [0.1, 0.15) is 0 Å². The van der Waals surface area contributed by atoms with Crippen LogP contribution in [-0.4, -0.2) is 42.8 Å². The molecule has 0 unspecified atom stereocenters. The number of urea groups is 1. The van der Waals surface area contributed by atoms with E-state index in [9.17, 15) is 9.18 Å². The molecule has 0 aliphatic heterocycles. The van der Waals surface area contributed by atoms with Crippen LogP contribution < -0.4 is 5.32 Å². The van der Waals surface area contributed by atoms with Crippen molar-refractivity contribution in [1.29, 1.82) is 0 Å². The number of nitrogens with zero attached hydrogens (tertiary/aromatic N) is 1. The smallest absolute Gasteiger partial charge is 0.317 e. The van der Waals surface area contributed by atoms with Crippen LogP contribution in [0, 0.1) is 5.82 Å². The summed E-state index contributed by atoms with van der Waals surface area (Å²) in [4.78, 5) is 13.6. The summed E-state index contributed by atoms with van der Waals surface area (Å²) in [5.41, 5.74) is 0.594. The molecule has 2 N–H and O–H groups in total. The normalized spacial score (nSPS) is 12.0. The summed E-state index contributed by atoms with van der Waals surface area (Å²) in [6.45, 7) is 5.15. The van der Waals surface area contributed by atoms with Crippen LogP contribution in [0.5, 0.6) is 5.75 Å². The van der Waals surface area contributed by atoms with Crippen molar-refractivity contribution in [2.24, 2.45) is 0 Å². The van der Waals surface area contributed by atoms with Crippen LogP contribution in [0.1, 0.15) is 25.5 Å². The number of rotatable bonds is 6. The lowest BCUT2D eigenvalue weighted by Gasteiger charge is -2.24. The summed E-state index contributed by atoms with van der Waals surface area (Å²) < 4.78 is 18.2. The molecule has 0 saturated heterocycles. The van der Waals surface area contributed by atoms with Crippen LogP contribution >= 0.6 is 0 Å². The van der Waals surface area contributed by atoms with Gasteiger partial charge in [-0.1, -0.05) is 6.07 Å². The highest BCUT2D eigenvalue weighted by Gasteiger charge is 2.16. The zero-order valence-corrected chi connectivity index (χ0v) is 12.0. The standard InChI is InChI=1S/C14H21FN2O3/c1-4-17(7-8-20-3)14(19)16-10(2)11-5-6-13(18)12(15)9-11/h5-6,9-10,18H,4,7-8H2,1-3H3,(H,16,19)/t10-/m1/s1. The molecule has 1 rings (SSSR count). The third-order valence-corrected chi connectivity index (χ3v) is 3.05. The number of nitrogens with one attached hydrogen (secondary N) is 1. The summed E-state index contributed by atoms with van der Waals surface area (Å²) in [5, 5.41) is 11.9. The first kappa shape index (κ1) is 16.2. The fourth-order valence-electron chi connectivity index (χ4n) is 1.76. The van der Waals surface area contributed by atoms with E-state index in [-0.39, 0.29) is 12.1 Å². The Morgan fingerprint density at radius 3 is 2.80 bits per heavy atom. The van der Waals surface area contributed by atoms with Crippen molar-refractivity contribution in [2.75, 3.05) is 26.8 Å². The molecule has 1 atom stereocenters. The Hall–Kier alpha value is -1.82. The van der Waals surface area contributed by atoms with Crippen molar-refractivity contribution in [3.8, 4) is 5.75 Å². The number of hydrogen-bond acceptors (Lipinski definition) is 3. The van der Waals surface area contributed by atoms with Gasteiger partial charge in [0.25, 0.3) is 0 Å². The molecule has 0 saturated carbocycles. The fraction of sp³-hybridized carbons (Fsp3) is 0.500. The van der Waals surface area contributed by atoms with Crippen LogP contribution in [0.25, 0.3) is 0 Å². The highest BCUT2D eigenvalue weighted by Crippen LogP contribution is 2.20. The van der Waals surface area contributed by atoms with E-state index in [1.54, 1.807) is 25.0 Å². The minimum Gasteiger partial charge on any atom is -0.505 e. The van der Waals surface area contributed by atoms with Crippen molar-refractivity contribution in [3.05, 3.63) is 29.6 Å². The van der Waals surface area contributed by atoms with Gasteiger partial charge in [0.05, 0.1) is 12.6 Å². The Morgan fingerprint density at radius 2 is 2.25 bits per heavy atom. The summed E-state index contributed by atoms with van der Waals surface area (Å²) in [6, 6.07) is 3.48. The molecular formula is C14H21FN2O3. The molecule has 0 fully saturated rings. The molecule has 1 aromatic carbocycles. The molecule has 1 aromatic rings. The largest absolute Gasteiger partial charge is 0.505 e. The number of hydrogen-bond donors (Lipinski definition) is 2. The van der Waals surface area contributed by atoms with Gasteiger partial charge < -0.3 is 20.1 Å². The quantitative estimate of drug-likeness (QED) is 0.842. The number of ether oxygens (including phenoxy) is 1. The van der Waals surface area contributed by atoms with Crippen LogP contribution in [0.3, 0.4) is 0 Å². The number of benzene rings is 1. The van der Waals surface area contributed by atoms with Gasteiger partial charge in [0.15, 0.2) is 11.6 Å². The molecule has 5 nitrogen and oxygen atoms in total. The predicted molar refractivity (Wildman–Crippen MR) is 74.1 cm³/mol. The third kappa shape index (κ3) is 4.38. The predicted octanol–water partition coefficient (Wildman–Crippen LogP) is 2.27. The summed E-state index contributed by atoms with van der Waals surface area (Å²) in [5.74, 6) is -1.10. The first-order chi connectivity index (χ1) is 9.49. The molecule has 0 bridgehead atoms. The van der Waals surface area contributed by atoms with Crippen molar-refractivity contribution >= 4 is 6.03 Å². The van der Waals surface area contributed by atoms with Crippen LogP contribution in [0.2, 0.25) is 0 Å². The Kier molecular flexibility index (Phi) is 6.24. The van der Waals surface area contributed by atoms with Gasteiger partial charge in [-0.15, -0.1) is 0 Å². The number of phenolic OH excluding ortho intramolecular Hbond substituents is 1. The summed E-state index contributed by atoms with van der Waals surface area (Å²) in [6.07, 6.45) is 0. The number of phenols is 1. The van der Waals surface area contributed by atoms with E-state index < -0.39 is 11.6 Å². The molecule has 6 heteroatoms. The molecule has 0 heterocycles. The average Bonchev–Trinajstić information content (AvgIpc) is 2.42. The van der Waals surface area contributed by atoms with Gasteiger partial charge in [-0.05, 0) is 31.5 Å². The fourth-order valence-corrected chi connectivity index (χ4v) is 1.76. The van der Waals surface area contributed by atoms with E-state index in [1.807, 2.05) is 6.92 Å². The second-order valence-electron chi connectivity index (χ2n) is 4.45. The lowest BCUT2D eigenvalue weighted by molar-refractivity contribution is 0.150. The molecule has 2 amide bonds. The molecule has 0 aliphatic carbocycles. The number of likely N-dealkylation sites (N-methyl/N-ethyl adjacent to an activating group) is 1. The van der Waals surface area contributed by atoms with Gasteiger partial charge in [-0.2, -0.15) is 0 Å². The maximum absolute atomic E-state index is 13.3. The van der Waals surface area contributed by atoms with Gasteiger partial charge in [-0.25, -0.2) is 9.18 Å². The van der Waals surface area contributed by atoms with Crippen LogP contribution in [0.15, 0.2) is 18.2 Å². The van der Waals surface area contributed by atoms with Crippen molar-refractivity contribution in [1.82, 2.24) is 10.2 Å². The van der Waals surface area contributed by atoms with E-state index in [0.29, 0.717) is 25.3 Å². The topological polar surface area (TPSA) is 61.8 Å². The van der Waals surface area contributed by atoms with Crippen molar-refractivity contribution in [3.63, 3.8) is 0 Å². The molecular weight excluding hydrogens is 263 g/mol. The van der Waals surface area contributed by atoms with Gasteiger partial charge in [0, 0.05) is 20.2 Å². The molecule has 0 spiro atoms. The molecule has 0 aliphatic rings. The minimum atomic E-state index is -0.699. The number of carbonyl (C=O) groups excluding carboxylic acids is 1. The molecule has 0 aromatic heterocycles. The van der Waals surface area contributed by atoms with E-state index in [4.69, 9.17) is 9.84 Å². The third-order valence-electron chi connectivity index (χ3n) is 3.05.